The number of amides is 2. The molecule has 0 saturated carbocycles. The van der Waals surface area contributed by atoms with E-state index in [2.05, 4.69) is 38.9 Å². The predicted octanol–water partition coefficient (Wildman–Crippen LogP) is 4.00. The SMILES string of the molecule is Cc1cc(CNC(=O)Nc2ccccc2N2CCc3ccccc32)no1. The number of hydrogen-bond acceptors (Lipinski definition) is 4. The second kappa shape index (κ2) is 6.92. The highest BCUT2D eigenvalue weighted by Gasteiger charge is 2.22. The molecule has 2 N–H and O–H groups in total. The van der Waals surface area contributed by atoms with Crippen molar-refractivity contribution in [3.05, 3.63) is 71.6 Å². The Bertz CT molecular complexity index is 935. The Morgan fingerprint density at radius 3 is 2.73 bits per heavy atom. The number of urea groups is 1. The van der Waals surface area contributed by atoms with Crippen molar-refractivity contribution in [1.29, 1.82) is 0 Å². The van der Waals surface area contributed by atoms with E-state index in [9.17, 15) is 4.79 Å². The van der Waals surface area contributed by atoms with Gasteiger partial charge in [-0.25, -0.2) is 4.79 Å². The maximum atomic E-state index is 12.3. The van der Waals surface area contributed by atoms with Gasteiger partial charge in [-0.3, -0.25) is 0 Å². The summed E-state index contributed by atoms with van der Waals surface area (Å²) in [4.78, 5) is 14.5. The highest BCUT2D eigenvalue weighted by molar-refractivity contribution is 5.94. The number of aromatic nitrogens is 1. The van der Waals surface area contributed by atoms with Crippen LogP contribution in [0.2, 0.25) is 0 Å². The van der Waals surface area contributed by atoms with Crippen LogP contribution in [0.3, 0.4) is 0 Å². The molecule has 6 heteroatoms. The number of anilines is 3. The Kier molecular flexibility index (Phi) is 4.31. The van der Waals surface area contributed by atoms with Gasteiger partial charge in [-0.15, -0.1) is 0 Å². The van der Waals surface area contributed by atoms with Gasteiger partial charge in [-0.05, 0) is 37.1 Å². The first-order chi connectivity index (χ1) is 12.7. The van der Waals surface area contributed by atoms with Gasteiger partial charge in [0.2, 0.25) is 0 Å². The summed E-state index contributed by atoms with van der Waals surface area (Å²) < 4.78 is 5.01. The molecule has 132 valence electrons. The molecule has 2 amide bonds. The minimum atomic E-state index is -0.273. The largest absolute Gasteiger partial charge is 0.361 e. The Morgan fingerprint density at radius 1 is 1.15 bits per heavy atom. The van der Waals surface area contributed by atoms with Crippen LogP contribution in [0.15, 0.2) is 59.1 Å². The van der Waals surface area contributed by atoms with Crippen LogP contribution in [-0.4, -0.2) is 17.7 Å². The molecule has 1 aliphatic rings. The Balaban J connectivity index is 1.49. The average Bonchev–Trinajstić information content (AvgIpc) is 3.27. The third-order valence-electron chi connectivity index (χ3n) is 4.44. The fourth-order valence-corrected chi connectivity index (χ4v) is 3.24. The van der Waals surface area contributed by atoms with E-state index in [1.54, 1.807) is 6.07 Å². The number of nitrogens with zero attached hydrogens (tertiary/aromatic N) is 2. The fraction of sp³-hybridized carbons (Fsp3) is 0.200. The number of hydrogen-bond donors (Lipinski definition) is 2. The molecule has 0 spiro atoms. The third kappa shape index (κ3) is 3.26. The molecule has 0 unspecified atom stereocenters. The van der Waals surface area contributed by atoms with Gasteiger partial charge in [0.15, 0.2) is 0 Å². The molecular formula is C20H20N4O2. The van der Waals surface area contributed by atoms with Crippen LogP contribution in [-0.2, 0) is 13.0 Å². The zero-order valence-corrected chi connectivity index (χ0v) is 14.5. The molecule has 3 aromatic rings. The molecule has 0 atom stereocenters. The average molecular weight is 348 g/mol. The van der Waals surface area contributed by atoms with E-state index in [0.717, 1.165) is 30.1 Å². The summed E-state index contributed by atoms with van der Waals surface area (Å²) in [5.74, 6) is 0.722. The van der Waals surface area contributed by atoms with Crippen LogP contribution in [0.4, 0.5) is 21.9 Å². The molecule has 26 heavy (non-hydrogen) atoms. The normalized spacial score (nSPS) is 12.7. The Hall–Kier alpha value is -3.28. The summed E-state index contributed by atoms with van der Waals surface area (Å²) in [5.41, 5.74) is 4.98. The molecule has 6 nitrogen and oxygen atoms in total. The summed E-state index contributed by atoms with van der Waals surface area (Å²) in [6, 6.07) is 17.7. The van der Waals surface area contributed by atoms with Gasteiger partial charge in [0.05, 0.1) is 17.9 Å². The molecule has 1 aliphatic heterocycles. The van der Waals surface area contributed by atoms with Crippen LogP contribution in [0, 0.1) is 6.92 Å². The number of aryl methyl sites for hydroxylation is 1. The van der Waals surface area contributed by atoms with E-state index in [1.165, 1.54) is 11.3 Å². The van der Waals surface area contributed by atoms with Crippen molar-refractivity contribution >= 4 is 23.1 Å². The van der Waals surface area contributed by atoms with E-state index in [4.69, 9.17) is 4.52 Å². The smallest absolute Gasteiger partial charge is 0.319 e. The second-order valence-electron chi connectivity index (χ2n) is 6.28. The topological polar surface area (TPSA) is 70.4 Å². The van der Waals surface area contributed by atoms with Crippen LogP contribution in [0.25, 0.3) is 0 Å². The zero-order chi connectivity index (χ0) is 17.9. The lowest BCUT2D eigenvalue weighted by Crippen LogP contribution is -2.29. The number of nitrogens with one attached hydrogen (secondary N) is 2. The molecular weight excluding hydrogens is 328 g/mol. The number of fused-ring (bicyclic) bond motifs is 1. The van der Waals surface area contributed by atoms with Crippen molar-refractivity contribution < 1.29 is 9.32 Å². The monoisotopic (exact) mass is 348 g/mol. The summed E-state index contributed by atoms with van der Waals surface area (Å²) in [7, 11) is 0. The van der Waals surface area contributed by atoms with E-state index >= 15 is 0 Å². The molecule has 4 rings (SSSR count). The van der Waals surface area contributed by atoms with Crippen LogP contribution < -0.4 is 15.5 Å². The van der Waals surface area contributed by atoms with Crippen molar-refractivity contribution in [2.45, 2.75) is 19.9 Å². The number of para-hydroxylation sites is 3. The highest BCUT2D eigenvalue weighted by atomic mass is 16.5. The van der Waals surface area contributed by atoms with E-state index in [1.807, 2.05) is 37.3 Å². The molecule has 0 radical (unpaired) electrons. The van der Waals surface area contributed by atoms with Gasteiger partial charge in [0, 0.05) is 18.3 Å². The van der Waals surface area contributed by atoms with Crippen LogP contribution in [0.1, 0.15) is 17.0 Å². The number of carbonyl (C=O) groups excluding carboxylic acids is 1. The van der Waals surface area contributed by atoms with Crippen molar-refractivity contribution in [2.24, 2.45) is 0 Å². The number of rotatable bonds is 4. The molecule has 2 aromatic carbocycles. The fourth-order valence-electron chi connectivity index (χ4n) is 3.24. The minimum absolute atomic E-state index is 0.273. The van der Waals surface area contributed by atoms with E-state index < -0.39 is 0 Å². The first-order valence-corrected chi connectivity index (χ1v) is 8.62. The van der Waals surface area contributed by atoms with Gasteiger partial charge in [0.1, 0.15) is 11.5 Å². The minimum Gasteiger partial charge on any atom is -0.361 e. The quantitative estimate of drug-likeness (QED) is 0.748. The van der Waals surface area contributed by atoms with E-state index in [-0.39, 0.29) is 6.03 Å². The summed E-state index contributed by atoms with van der Waals surface area (Å²) in [5, 5.41) is 9.63. The van der Waals surface area contributed by atoms with Crippen molar-refractivity contribution in [1.82, 2.24) is 10.5 Å². The molecule has 0 bridgehead atoms. The third-order valence-corrected chi connectivity index (χ3v) is 4.44. The lowest BCUT2D eigenvalue weighted by molar-refractivity contribution is 0.251. The zero-order valence-electron chi connectivity index (χ0n) is 14.5. The highest BCUT2D eigenvalue weighted by Crippen LogP contribution is 2.37. The lowest BCUT2D eigenvalue weighted by Gasteiger charge is -2.23. The number of carbonyl (C=O) groups is 1. The van der Waals surface area contributed by atoms with Gasteiger partial charge in [-0.2, -0.15) is 0 Å². The van der Waals surface area contributed by atoms with Crippen molar-refractivity contribution in [3.63, 3.8) is 0 Å². The van der Waals surface area contributed by atoms with Gasteiger partial charge in [-0.1, -0.05) is 35.5 Å². The predicted molar refractivity (Wildman–Crippen MR) is 101 cm³/mol. The van der Waals surface area contributed by atoms with Crippen molar-refractivity contribution in [3.8, 4) is 0 Å². The molecule has 2 heterocycles. The van der Waals surface area contributed by atoms with Crippen LogP contribution >= 0.6 is 0 Å². The van der Waals surface area contributed by atoms with Gasteiger partial charge < -0.3 is 20.1 Å². The number of benzene rings is 2. The molecule has 0 saturated heterocycles. The van der Waals surface area contributed by atoms with Crippen LogP contribution in [0.5, 0.6) is 0 Å². The Labute approximate surface area is 151 Å². The molecule has 0 aliphatic carbocycles. The molecule has 0 fully saturated rings. The van der Waals surface area contributed by atoms with Crippen molar-refractivity contribution in [2.75, 3.05) is 16.8 Å². The second-order valence-corrected chi connectivity index (χ2v) is 6.28. The summed E-state index contributed by atoms with van der Waals surface area (Å²) in [6.07, 6.45) is 1.00. The van der Waals surface area contributed by atoms with Gasteiger partial charge in [0.25, 0.3) is 0 Å². The standard InChI is InChI=1S/C20H20N4O2/c1-14-12-16(23-26-14)13-21-20(25)22-17-7-3-5-9-19(17)24-11-10-15-6-2-4-8-18(15)24/h2-9,12H,10-11,13H2,1H3,(H2,21,22,25). The maximum absolute atomic E-state index is 12.3. The molecule has 1 aromatic heterocycles. The first-order valence-electron chi connectivity index (χ1n) is 8.62. The first kappa shape index (κ1) is 16.2. The summed E-state index contributed by atoms with van der Waals surface area (Å²) >= 11 is 0. The summed E-state index contributed by atoms with van der Waals surface area (Å²) in [6.45, 7) is 3.04. The maximum Gasteiger partial charge on any atom is 0.319 e. The van der Waals surface area contributed by atoms with Gasteiger partial charge >= 0.3 is 6.03 Å². The van der Waals surface area contributed by atoms with E-state index in [0.29, 0.717) is 12.2 Å². The lowest BCUT2D eigenvalue weighted by atomic mass is 10.2. The Morgan fingerprint density at radius 2 is 1.92 bits per heavy atom.